The van der Waals surface area contributed by atoms with Crippen LogP contribution in [0.1, 0.15) is 6.92 Å². The molecular weight excluding hydrogens is 346 g/mol. The maximum atomic E-state index is 11.8. The molecule has 144 valence electrons. The molecule has 0 aliphatic carbocycles. The maximum Gasteiger partial charge on any atom is 0.365 e. The van der Waals surface area contributed by atoms with Gasteiger partial charge in [0.1, 0.15) is 24.2 Å². The van der Waals surface area contributed by atoms with Gasteiger partial charge in [-0.25, -0.2) is 4.79 Å². The van der Waals surface area contributed by atoms with Crippen molar-refractivity contribution in [2.45, 2.75) is 43.2 Å². The van der Waals surface area contributed by atoms with Gasteiger partial charge >= 0.3 is 11.9 Å². The van der Waals surface area contributed by atoms with Gasteiger partial charge in [0.2, 0.25) is 5.91 Å². The average Bonchev–Trinajstić information content (AvgIpc) is 2.55. The highest BCUT2D eigenvalue weighted by Crippen LogP contribution is 2.36. The van der Waals surface area contributed by atoms with E-state index in [1.807, 2.05) is 0 Å². The molecule has 1 aliphatic heterocycles. The molecule has 0 spiro atoms. The van der Waals surface area contributed by atoms with Crippen LogP contribution in [0.4, 0.5) is 0 Å². The van der Waals surface area contributed by atoms with Crippen molar-refractivity contribution in [2.24, 2.45) is 5.92 Å². The molecule has 12 heteroatoms. The van der Waals surface area contributed by atoms with Crippen molar-refractivity contribution >= 4 is 17.8 Å². The first-order valence-corrected chi connectivity index (χ1v) is 7.14. The monoisotopic (exact) mass is 367 g/mol. The van der Waals surface area contributed by atoms with Gasteiger partial charge in [0, 0.05) is 6.92 Å². The van der Waals surface area contributed by atoms with E-state index in [1.54, 1.807) is 0 Å². The summed E-state index contributed by atoms with van der Waals surface area (Å²) < 4.78 is 9.26. The molecule has 0 bridgehead atoms. The normalized spacial score (nSPS) is 34.7. The molecule has 1 saturated heterocycles. The van der Waals surface area contributed by atoms with Gasteiger partial charge in [0.25, 0.3) is 5.79 Å². The standard InChI is InChI=1S/C13H21NO11/c1-4(16)14-7-9(19)6(11(20)24-2)13(23,12(21)22)25-10(7)8(18)5(17)3-15/h5-10,15,17-19,23H,3H2,1-2H3,(H,14,16)(H,21,22)/t5-,6?,7-,8-,9+,10-,13?/m1/s1. The van der Waals surface area contributed by atoms with E-state index in [-0.39, 0.29) is 0 Å². The third-order valence-electron chi connectivity index (χ3n) is 3.85. The lowest BCUT2D eigenvalue weighted by molar-refractivity contribution is -0.317. The van der Waals surface area contributed by atoms with Crippen molar-refractivity contribution in [1.29, 1.82) is 0 Å². The number of carboxylic acid groups (broad SMARTS) is 1. The first-order chi connectivity index (χ1) is 11.5. The van der Waals surface area contributed by atoms with E-state index in [2.05, 4.69) is 10.1 Å². The van der Waals surface area contributed by atoms with Crippen LogP contribution >= 0.6 is 0 Å². The Balaban J connectivity index is 3.39. The van der Waals surface area contributed by atoms with E-state index in [1.165, 1.54) is 0 Å². The average molecular weight is 367 g/mol. The van der Waals surface area contributed by atoms with E-state index >= 15 is 0 Å². The first kappa shape index (κ1) is 21.2. The molecule has 0 aromatic heterocycles. The van der Waals surface area contributed by atoms with Crippen molar-refractivity contribution < 1.29 is 54.5 Å². The molecule has 1 heterocycles. The van der Waals surface area contributed by atoms with Crippen LogP contribution in [0.25, 0.3) is 0 Å². The second-order valence-corrected chi connectivity index (χ2v) is 5.54. The number of methoxy groups -OCH3 is 1. The lowest BCUT2D eigenvalue weighted by Crippen LogP contribution is -2.72. The van der Waals surface area contributed by atoms with Gasteiger partial charge in [-0.1, -0.05) is 0 Å². The topological polar surface area (TPSA) is 203 Å². The molecule has 1 amide bonds. The number of aliphatic hydroxyl groups excluding tert-OH is 4. The van der Waals surface area contributed by atoms with Gasteiger partial charge in [0.15, 0.2) is 0 Å². The summed E-state index contributed by atoms with van der Waals surface area (Å²) >= 11 is 0. The molecule has 1 fully saturated rings. The molecule has 0 saturated carbocycles. The summed E-state index contributed by atoms with van der Waals surface area (Å²) in [6.07, 6.45) is -7.79. The summed E-state index contributed by atoms with van der Waals surface area (Å²) in [5.74, 6) is -9.64. The van der Waals surface area contributed by atoms with E-state index in [0.29, 0.717) is 0 Å². The minimum Gasteiger partial charge on any atom is -0.477 e. The zero-order valence-electron chi connectivity index (χ0n) is 13.4. The van der Waals surface area contributed by atoms with Crippen LogP contribution in [0.3, 0.4) is 0 Å². The lowest BCUT2D eigenvalue weighted by Gasteiger charge is -2.47. The molecule has 12 nitrogen and oxygen atoms in total. The Bertz CT molecular complexity index is 526. The van der Waals surface area contributed by atoms with Gasteiger partial charge < -0.3 is 45.4 Å². The Morgan fingerprint density at radius 3 is 2.28 bits per heavy atom. The number of aliphatic carboxylic acids is 1. The number of esters is 1. The fourth-order valence-corrected chi connectivity index (χ4v) is 2.61. The molecule has 7 atom stereocenters. The number of ether oxygens (including phenoxy) is 2. The zero-order valence-corrected chi connectivity index (χ0v) is 13.4. The van der Waals surface area contributed by atoms with Gasteiger partial charge in [-0.2, -0.15) is 0 Å². The van der Waals surface area contributed by atoms with Crippen molar-refractivity contribution in [3.8, 4) is 0 Å². The number of amides is 1. The van der Waals surface area contributed by atoms with E-state index in [4.69, 9.17) is 9.84 Å². The summed E-state index contributed by atoms with van der Waals surface area (Å²) in [5.41, 5.74) is 0. The van der Waals surface area contributed by atoms with Crippen LogP contribution in [-0.4, -0.2) is 98.4 Å². The van der Waals surface area contributed by atoms with E-state index < -0.39 is 66.6 Å². The second kappa shape index (κ2) is 8.03. The van der Waals surface area contributed by atoms with Crippen LogP contribution in [0.15, 0.2) is 0 Å². The number of hydrogen-bond donors (Lipinski definition) is 7. The molecule has 1 rings (SSSR count). The Hall–Kier alpha value is -1.83. The highest BCUT2D eigenvalue weighted by atomic mass is 16.7. The van der Waals surface area contributed by atoms with Crippen LogP contribution in [-0.2, 0) is 23.9 Å². The highest BCUT2D eigenvalue weighted by molar-refractivity contribution is 5.86. The molecule has 25 heavy (non-hydrogen) atoms. The summed E-state index contributed by atoms with van der Waals surface area (Å²) in [6.45, 7) is 0.0691. The fourth-order valence-electron chi connectivity index (χ4n) is 2.61. The Morgan fingerprint density at radius 2 is 1.88 bits per heavy atom. The van der Waals surface area contributed by atoms with Crippen LogP contribution in [0.2, 0.25) is 0 Å². The summed E-state index contributed by atoms with van der Waals surface area (Å²) in [5, 5.41) is 60.5. The number of carbonyl (C=O) groups is 3. The third-order valence-corrected chi connectivity index (χ3v) is 3.85. The Labute approximate surface area is 141 Å². The molecule has 1 aliphatic rings. The van der Waals surface area contributed by atoms with E-state index in [9.17, 15) is 39.9 Å². The molecular formula is C13H21NO11. The molecule has 2 unspecified atom stereocenters. The number of rotatable bonds is 6. The predicted octanol–water partition coefficient (Wildman–Crippen LogP) is -4.47. The van der Waals surface area contributed by atoms with Gasteiger partial charge in [-0.15, -0.1) is 0 Å². The molecule has 0 radical (unpaired) electrons. The zero-order chi connectivity index (χ0) is 19.5. The smallest absolute Gasteiger partial charge is 0.365 e. The Kier molecular flexibility index (Phi) is 6.82. The number of hydrogen-bond acceptors (Lipinski definition) is 10. The highest BCUT2D eigenvalue weighted by Gasteiger charge is 2.63. The second-order valence-electron chi connectivity index (χ2n) is 5.54. The maximum absolute atomic E-state index is 11.8. The van der Waals surface area contributed by atoms with Gasteiger partial charge in [-0.05, 0) is 0 Å². The lowest BCUT2D eigenvalue weighted by atomic mass is 9.80. The summed E-state index contributed by atoms with van der Waals surface area (Å²) in [4.78, 5) is 34.6. The number of aliphatic hydroxyl groups is 5. The number of carbonyl (C=O) groups excluding carboxylic acids is 2. The van der Waals surface area contributed by atoms with Crippen molar-refractivity contribution in [1.82, 2.24) is 5.32 Å². The van der Waals surface area contributed by atoms with Gasteiger partial charge in [-0.3, -0.25) is 9.59 Å². The largest absolute Gasteiger partial charge is 0.477 e. The summed E-state index contributed by atoms with van der Waals surface area (Å²) in [6, 6.07) is -1.60. The van der Waals surface area contributed by atoms with E-state index in [0.717, 1.165) is 14.0 Å². The SMILES string of the molecule is COC(=O)C1[C@H](O)[C@@H](NC(C)=O)[C@H]([C@H](O)[C@H](O)CO)OC1(O)C(=O)O. The number of carboxylic acids is 1. The van der Waals surface area contributed by atoms with Crippen LogP contribution < -0.4 is 5.32 Å². The van der Waals surface area contributed by atoms with Crippen molar-refractivity contribution in [3.05, 3.63) is 0 Å². The number of nitrogens with one attached hydrogen (secondary N) is 1. The summed E-state index contributed by atoms with van der Waals surface area (Å²) in [7, 11) is 0.876. The Morgan fingerprint density at radius 1 is 1.32 bits per heavy atom. The van der Waals surface area contributed by atoms with Crippen molar-refractivity contribution in [2.75, 3.05) is 13.7 Å². The quantitative estimate of drug-likeness (QED) is 0.223. The minimum absolute atomic E-state index is 0.743. The van der Waals surface area contributed by atoms with Gasteiger partial charge in [0.05, 0.1) is 25.9 Å². The van der Waals surface area contributed by atoms with Crippen LogP contribution in [0.5, 0.6) is 0 Å². The predicted molar refractivity (Wildman–Crippen MR) is 75.7 cm³/mol. The fraction of sp³-hybridized carbons (Fsp3) is 0.769. The molecule has 7 N–H and O–H groups in total. The molecule has 0 aromatic carbocycles. The van der Waals surface area contributed by atoms with Crippen molar-refractivity contribution in [3.63, 3.8) is 0 Å². The first-order valence-electron chi connectivity index (χ1n) is 7.14. The molecule has 0 aromatic rings. The van der Waals surface area contributed by atoms with Crippen LogP contribution in [0, 0.1) is 5.92 Å². The minimum atomic E-state index is -3.32. The third kappa shape index (κ3) is 4.05.